The highest BCUT2D eigenvalue weighted by atomic mass is 16.2. The molecule has 1 aromatic heterocycles. The standard InChI is InChI=1S/C15H14N2O/c1-15(2)13-10(12-8-3-4-9-16-12)6-5-7-11(13)14(18)17-15/h3-9H,1-2H3,(H,17,18). The first kappa shape index (κ1) is 11.0. The molecule has 0 radical (unpaired) electrons. The van der Waals surface area contributed by atoms with Gasteiger partial charge in [0.25, 0.3) is 5.91 Å². The van der Waals surface area contributed by atoms with Crippen molar-refractivity contribution in [3.05, 3.63) is 53.7 Å². The Balaban J connectivity index is 2.29. The lowest BCUT2D eigenvalue weighted by Crippen LogP contribution is -2.33. The van der Waals surface area contributed by atoms with Gasteiger partial charge in [-0.3, -0.25) is 9.78 Å². The molecular formula is C15H14N2O. The molecule has 1 aliphatic heterocycles. The van der Waals surface area contributed by atoms with Crippen LogP contribution in [0.2, 0.25) is 0 Å². The lowest BCUT2D eigenvalue weighted by Gasteiger charge is -2.21. The summed E-state index contributed by atoms with van der Waals surface area (Å²) in [5.41, 5.74) is 3.37. The molecule has 0 bridgehead atoms. The number of nitrogens with zero attached hydrogens (tertiary/aromatic N) is 1. The van der Waals surface area contributed by atoms with Gasteiger partial charge in [0.05, 0.1) is 11.2 Å². The van der Waals surface area contributed by atoms with Gasteiger partial charge in [-0.05, 0) is 37.6 Å². The molecule has 0 aliphatic carbocycles. The molecule has 0 saturated heterocycles. The molecule has 2 aromatic rings. The third kappa shape index (κ3) is 1.51. The Labute approximate surface area is 106 Å². The van der Waals surface area contributed by atoms with E-state index in [1.807, 2.05) is 50.2 Å². The van der Waals surface area contributed by atoms with E-state index in [0.717, 1.165) is 22.4 Å². The van der Waals surface area contributed by atoms with E-state index in [0.29, 0.717) is 0 Å². The van der Waals surface area contributed by atoms with E-state index in [2.05, 4.69) is 10.3 Å². The number of carbonyl (C=O) groups excluding carboxylic acids is 1. The van der Waals surface area contributed by atoms with Gasteiger partial charge in [0, 0.05) is 17.3 Å². The van der Waals surface area contributed by atoms with Gasteiger partial charge in [-0.1, -0.05) is 18.2 Å². The molecule has 1 amide bonds. The number of amides is 1. The summed E-state index contributed by atoms with van der Waals surface area (Å²) in [6.07, 6.45) is 1.77. The molecule has 0 saturated carbocycles. The van der Waals surface area contributed by atoms with Crippen LogP contribution in [-0.4, -0.2) is 10.9 Å². The molecule has 3 nitrogen and oxygen atoms in total. The smallest absolute Gasteiger partial charge is 0.252 e. The van der Waals surface area contributed by atoms with Crippen molar-refractivity contribution in [2.75, 3.05) is 0 Å². The zero-order chi connectivity index (χ0) is 12.8. The second-order valence-corrected chi connectivity index (χ2v) is 5.02. The van der Waals surface area contributed by atoms with Crippen LogP contribution in [-0.2, 0) is 5.54 Å². The summed E-state index contributed by atoms with van der Waals surface area (Å²) in [5.74, 6) is -0.00668. The van der Waals surface area contributed by atoms with Crippen molar-refractivity contribution in [2.24, 2.45) is 0 Å². The van der Waals surface area contributed by atoms with Gasteiger partial charge in [0.15, 0.2) is 0 Å². The van der Waals surface area contributed by atoms with Crippen LogP contribution in [0.1, 0.15) is 29.8 Å². The summed E-state index contributed by atoms with van der Waals surface area (Å²) >= 11 is 0. The Morgan fingerprint density at radius 1 is 1.06 bits per heavy atom. The van der Waals surface area contributed by atoms with Crippen molar-refractivity contribution >= 4 is 5.91 Å². The Morgan fingerprint density at radius 2 is 1.83 bits per heavy atom. The van der Waals surface area contributed by atoms with E-state index in [4.69, 9.17) is 0 Å². The van der Waals surface area contributed by atoms with Crippen LogP contribution in [0, 0.1) is 0 Å². The second kappa shape index (κ2) is 3.67. The van der Waals surface area contributed by atoms with E-state index >= 15 is 0 Å². The highest BCUT2D eigenvalue weighted by Gasteiger charge is 2.37. The number of benzene rings is 1. The second-order valence-electron chi connectivity index (χ2n) is 5.02. The predicted octanol–water partition coefficient (Wildman–Crippen LogP) is 2.73. The fraction of sp³-hybridized carbons (Fsp3) is 0.200. The molecule has 0 atom stereocenters. The molecular weight excluding hydrogens is 224 g/mol. The van der Waals surface area contributed by atoms with Gasteiger partial charge < -0.3 is 5.32 Å². The normalized spacial score (nSPS) is 16.2. The number of hydrogen-bond donors (Lipinski definition) is 1. The Bertz CT molecular complexity index is 618. The molecule has 1 aromatic carbocycles. The summed E-state index contributed by atoms with van der Waals surface area (Å²) in [6.45, 7) is 4.03. The van der Waals surface area contributed by atoms with Crippen molar-refractivity contribution in [1.29, 1.82) is 0 Å². The number of fused-ring (bicyclic) bond motifs is 1. The maximum absolute atomic E-state index is 11.9. The van der Waals surface area contributed by atoms with Gasteiger partial charge in [0.1, 0.15) is 0 Å². The number of carbonyl (C=O) groups is 1. The molecule has 0 spiro atoms. The topological polar surface area (TPSA) is 42.0 Å². The SMILES string of the molecule is CC1(C)NC(=O)c2cccc(-c3ccccn3)c21. The molecule has 1 aliphatic rings. The molecule has 3 heteroatoms. The van der Waals surface area contributed by atoms with Crippen molar-refractivity contribution in [3.8, 4) is 11.3 Å². The zero-order valence-corrected chi connectivity index (χ0v) is 10.4. The number of rotatable bonds is 1. The van der Waals surface area contributed by atoms with Crippen LogP contribution in [0.5, 0.6) is 0 Å². The average molecular weight is 238 g/mol. The van der Waals surface area contributed by atoms with Crippen molar-refractivity contribution in [3.63, 3.8) is 0 Å². The number of pyridine rings is 1. The molecule has 2 heterocycles. The lowest BCUT2D eigenvalue weighted by atomic mass is 9.88. The minimum absolute atomic E-state index is 0.00668. The Hall–Kier alpha value is -2.16. The summed E-state index contributed by atoms with van der Waals surface area (Å²) in [7, 11) is 0. The highest BCUT2D eigenvalue weighted by Crippen LogP contribution is 2.37. The number of aromatic nitrogens is 1. The number of hydrogen-bond acceptors (Lipinski definition) is 2. The quantitative estimate of drug-likeness (QED) is 0.830. The summed E-state index contributed by atoms with van der Waals surface area (Å²) in [4.78, 5) is 16.3. The molecule has 90 valence electrons. The third-order valence-corrected chi connectivity index (χ3v) is 3.30. The van der Waals surface area contributed by atoms with Crippen molar-refractivity contribution < 1.29 is 4.79 Å². The van der Waals surface area contributed by atoms with Crippen LogP contribution < -0.4 is 5.32 Å². The fourth-order valence-electron chi connectivity index (χ4n) is 2.56. The molecule has 0 fully saturated rings. The fourth-order valence-corrected chi connectivity index (χ4v) is 2.56. The van der Waals surface area contributed by atoms with E-state index in [1.54, 1.807) is 6.20 Å². The summed E-state index contributed by atoms with van der Waals surface area (Å²) in [5, 5.41) is 3.00. The molecule has 18 heavy (non-hydrogen) atoms. The highest BCUT2D eigenvalue weighted by molar-refractivity contribution is 6.02. The van der Waals surface area contributed by atoms with E-state index in [1.165, 1.54) is 0 Å². The van der Waals surface area contributed by atoms with Crippen LogP contribution in [0.4, 0.5) is 0 Å². The average Bonchev–Trinajstić information content (AvgIpc) is 2.61. The maximum Gasteiger partial charge on any atom is 0.252 e. The molecule has 3 rings (SSSR count). The monoisotopic (exact) mass is 238 g/mol. The van der Waals surface area contributed by atoms with Crippen LogP contribution >= 0.6 is 0 Å². The van der Waals surface area contributed by atoms with Crippen molar-refractivity contribution in [1.82, 2.24) is 10.3 Å². The van der Waals surface area contributed by atoms with Crippen LogP contribution in [0.25, 0.3) is 11.3 Å². The van der Waals surface area contributed by atoms with Gasteiger partial charge >= 0.3 is 0 Å². The molecule has 1 N–H and O–H groups in total. The van der Waals surface area contributed by atoms with E-state index in [9.17, 15) is 4.79 Å². The van der Waals surface area contributed by atoms with Gasteiger partial charge in [-0.25, -0.2) is 0 Å². The Kier molecular flexibility index (Phi) is 2.23. The van der Waals surface area contributed by atoms with Gasteiger partial charge in [-0.2, -0.15) is 0 Å². The molecule has 0 unspecified atom stereocenters. The van der Waals surface area contributed by atoms with Gasteiger partial charge in [-0.15, -0.1) is 0 Å². The van der Waals surface area contributed by atoms with E-state index < -0.39 is 0 Å². The first-order valence-corrected chi connectivity index (χ1v) is 5.97. The largest absolute Gasteiger partial charge is 0.343 e. The summed E-state index contributed by atoms with van der Waals surface area (Å²) in [6, 6.07) is 11.6. The Morgan fingerprint density at radius 3 is 2.56 bits per heavy atom. The van der Waals surface area contributed by atoms with Crippen LogP contribution in [0.15, 0.2) is 42.6 Å². The first-order valence-electron chi connectivity index (χ1n) is 5.97. The minimum Gasteiger partial charge on any atom is -0.343 e. The zero-order valence-electron chi connectivity index (χ0n) is 10.4. The lowest BCUT2D eigenvalue weighted by molar-refractivity contribution is 0.0940. The van der Waals surface area contributed by atoms with E-state index in [-0.39, 0.29) is 11.4 Å². The van der Waals surface area contributed by atoms with Crippen LogP contribution in [0.3, 0.4) is 0 Å². The maximum atomic E-state index is 11.9. The number of nitrogens with one attached hydrogen (secondary N) is 1. The first-order chi connectivity index (χ1) is 8.59. The third-order valence-electron chi connectivity index (χ3n) is 3.30. The van der Waals surface area contributed by atoms with Crippen molar-refractivity contribution in [2.45, 2.75) is 19.4 Å². The summed E-state index contributed by atoms with van der Waals surface area (Å²) < 4.78 is 0. The predicted molar refractivity (Wildman–Crippen MR) is 70.2 cm³/mol. The minimum atomic E-state index is -0.347. The van der Waals surface area contributed by atoms with Gasteiger partial charge in [0.2, 0.25) is 0 Å².